The molecule has 124 valence electrons. The van der Waals surface area contributed by atoms with Crippen LogP contribution in [0.3, 0.4) is 0 Å². The van der Waals surface area contributed by atoms with Crippen LogP contribution < -0.4 is 16.0 Å². The van der Waals surface area contributed by atoms with Gasteiger partial charge in [0.1, 0.15) is 0 Å². The number of piperidine rings is 1. The van der Waals surface area contributed by atoms with Crippen LogP contribution >= 0.6 is 0 Å². The first-order valence-electron chi connectivity index (χ1n) is 8.48. The summed E-state index contributed by atoms with van der Waals surface area (Å²) in [5.41, 5.74) is 1.29. The first-order chi connectivity index (χ1) is 11.0. The normalized spacial score (nSPS) is 29.7. The summed E-state index contributed by atoms with van der Waals surface area (Å²) in [7, 11) is 0. The number of hydrogen-bond acceptors (Lipinski definition) is 3. The van der Waals surface area contributed by atoms with Crippen molar-refractivity contribution in [3.05, 3.63) is 29.8 Å². The summed E-state index contributed by atoms with van der Waals surface area (Å²) in [5, 5.41) is 9.38. The predicted molar refractivity (Wildman–Crippen MR) is 90.3 cm³/mol. The van der Waals surface area contributed by atoms with Crippen LogP contribution in [0.4, 0.5) is 5.69 Å². The fourth-order valence-corrected chi connectivity index (χ4v) is 3.19. The fraction of sp³-hybridized carbons (Fsp3) is 0.556. The number of carbonyl (C=O) groups is 2. The number of rotatable bonds is 4. The number of benzene rings is 1. The Morgan fingerprint density at radius 1 is 1.22 bits per heavy atom. The number of hydrogen-bond donors (Lipinski definition) is 3. The van der Waals surface area contributed by atoms with Gasteiger partial charge in [0.15, 0.2) is 0 Å². The molecular weight excluding hydrogens is 290 g/mol. The van der Waals surface area contributed by atoms with Gasteiger partial charge in [0.25, 0.3) is 5.91 Å². The quantitative estimate of drug-likeness (QED) is 0.797. The fourth-order valence-electron chi connectivity index (χ4n) is 3.19. The highest BCUT2D eigenvalue weighted by Crippen LogP contribution is 2.38. The monoisotopic (exact) mass is 315 g/mol. The second kappa shape index (κ2) is 6.71. The zero-order valence-corrected chi connectivity index (χ0v) is 13.8. The van der Waals surface area contributed by atoms with E-state index < -0.39 is 0 Å². The zero-order chi connectivity index (χ0) is 16.4. The molecule has 1 aliphatic carbocycles. The predicted octanol–water partition coefficient (Wildman–Crippen LogP) is 2.15. The van der Waals surface area contributed by atoms with Gasteiger partial charge < -0.3 is 16.0 Å². The van der Waals surface area contributed by atoms with Gasteiger partial charge in [-0.3, -0.25) is 9.59 Å². The van der Waals surface area contributed by atoms with Crippen molar-refractivity contribution in [1.82, 2.24) is 10.6 Å². The van der Waals surface area contributed by atoms with Gasteiger partial charge in [-0.1, -0.05) is 13.0 Å². The Morgan fingerprint density at radius 2 is 2.00 bits per heavy atom. The molecule has 3 rings (SSSR count). The summed E-state index contributed by atoms with van der Waals surface area (Å²) in [6, 6.07) is 7.82. The van der Waals surface area contributed by atoms with Gasteiger partial charge in [0.2, 0.25) is 5.91 Å². The van der Waals surface area contributed by atoms with Crippen LogP contribution in [-0.2, 0) is 4.79 Å². The van der Waals surface area contributed by atoms with Crippen LogP contribution in [0.2, 0.25) is 0 Å². The van der Waals surface area contributed by atoms with E-state index in [1.807, 2.05) is 12.1 Å². The van der Waals surface area contributed by atoms with Crippen LogP contribution in [0.25, 0.3) is 0 Å². The van der Waals surface area contributed by atoms with Crippen molar-refractivity contribution in [3.8, 4) is 0 Å². The second-order valence-electron chi connectivity index (χ2n) is 6.94. The maximum Gasteiger partial charge on any atom is 0.251 e. The van der Waals surface area contributed by atoms with Crippen molar-refractivity contribution < 1.29 is 9.59 Å². The lowest BCUT2D eigenvalue weighted by atomic mass is 10.00. The Kier molecular flexibility index (Phi) is 4.66. The highest BCUT2D eigenvalue weighted by Gasteiger charge is 2.39. The molecule has 23 heavy (non-hydrogen) atoms. The number of carbonyl (C=O) groups excluding carboxylic acids is 2. The highest BCUT2D eigenvalue weighted by atomic mass is 16.2. The number of anilines is 1. The smallest absolute Gasteiger partial charge is 0.251 e. The van der Waals surface area contributed by atoms with Crippen LogP contribution in [0.15, 0.2) is 24.3 Å². The third-order valence-corrected chi connectivity index (χ3v) is 4.80. The molecule has 0 aromatic heterocycles. The molecule has 0 radical (unpaired) electrons. The van der Waals surface area contributed by atoms with Crippen molar-refractivity contribution in [3.63, 3.8) is 0 Å². The lowest BCUT2D eigenvalue weighted by molar-refractivity contribution is -0.117. The van der Waals surface area contributed by atoms with Gasteiger partial charge in [-0.2, -0.15) is 0 Å². The Morgan fingerprint density at radius 3 is 2.70 bits per heavy atom. The summed E-state index contributed by atoms with van der Waals surface area (Å²) in [6.07, 6.45) is 2.85. The van der Waals surface area contributed by atoms with Crippen LogP contribution in [0, 0.1) is 11.8 Å². The van der Waals surface area contributed by atoms with Crippen LogP contribution in [0.5, 0.6) is 0 Å². The topological polar surface area (TPSA) is 70.2 Å². The maximum atomic E-state index is 12.4. The standard InChI is InChI=1S/C18H25N3O2/c1-11-8-16(11)18(23)21-14-5-3-4-13(10-14)17(22)20-15-6-7-19-12(2)9-15/h3-5,10-12,15-16,19H,6-9H2,1-2H3,(H,20,22)(H,21,23). The van der Waals surface area contributed by atoms with Gasteiger partial charge in [0.05, 0.1) is 0 Å². The molecule has 0 spiro atoms. The first kappa shape index (κ1) is 16.0. The molecule has 4 unspecified atom stereocenters. The van der Waals surface area contributed by atoms with Gasteiger partial charge in [-0.25, -0.2) is 0 Å². The SMILES string of the molecule is CC1CC(NC(=O)c2cccc(NC(=O)C3CC3C)c2)CCN1. The van der Waals surface area contributed by atoms with Crippen molar-refractivity contribution in [2.75, 3.05) is 11.9 Å². The van der Waals surface area contributed by atoms with Crippen molar-refractivity contribution >= 4 is 17.5 Å². The molecule has 1 aromatic carbocycles. The van der Waals surface area contributed by atoms with E-state index in [4.69, 9.17) is 0 Å². The van der Waals surface area contributed by atoms with Crippen LogP contribution in [0.1, 0.15) is 43.5 Å². The summed E-state index contributed by atoms with van der Waals surface area (Å²) >= 11 is 0. The molecule has 2 fully saturated rings. The number of nitrogens with one attached hydrogen (secondary N) is 3. The van der Waals surface area contributed by atoms with Crippen molar-refractivity contribution in [2.45, 2.75) is 45.2 Å². The van der Waals surface area contributed by atoms with Gasteiger partial charge in [-0.15, -0.1) is 0 Å². The van der Waals surface area contributed by atoms with Gasteiger partial charge in [0, 0.05) is 29.3 Å². The summed E-state index contributed by atoms with van der Waals surface area (Å²) in [6.45, 7) is 5.14. The molecule has 1 aliphatic heterocycles. The second-order valence-corrected chi connectivity index (χ2v) is 6.94. The molecular formula is C18H25N3O2. The minimum absolute atomic E-state index is 0.0576. The van der Waals surface area contributed by atoms with E-state index >= 15 is 0 Å². The zero-order valence-electron chi connectivity index (χ0n) is 13.8. The van der Waals surface area contributed by atoms with E-state index in [2.05, 4.69) is 29.8 Å². The summed E-state index contributed by atoms with van der Waals surface area (Å²) < 4.78 is 0. The average molecular weight is 315 g/mol. The minimum atomic E-state index is -0.0695. The van der Waals surface area contributed by atoms with E-state index in [9.17, 15) is 9.59 Å². The minimum Gasteiger partial charge on any atom is -0.349 e. The lowest BCUT2D eigenvalue weighted by Gasteiger charge is -2.28. The van der Waals surface area contributed by atoms with Gasteiger partial charge in [-0.05, 0) is 56.8 Å². The third kappa shape index (κ3) is 4.10. The lowest BCUT2D eigenvalue weighted by Crippen LogP contribution is -2.46. The van der Waals surface area contributed by atoms with Crippen molar-refractivity contribution in [2.24, 2.45) is 11.8 Å². The molecule has 5 nitrogen and oxygen atoms in total. The summed E-state index contributed by atoms with van der Waals surface area (Å²) in [5.74, 6) is 0.592. The average Bonchev–Trinajstić information content (AvgIpc) is 3.25. The van der Waals surface area contributed by atoms with E-state index in [-0.39, 0.29) is 23.8 Å². The molecule has 1 saturated heterocycles. The molecule has 1 aromatic rings. The molecule has 2 amide bonds. The molecule has 4 atom stereocenters. The Bertz CT molecular complexity index is 602. The molecule has 3 N–H and O–H groups in total. The third-order valence-electron chi connectivity index (χ3n) is 4.80. The Labute approximate surface area is 137 Å². The van der Waals surface area contributed by atoms with Crippen LogP contribution in [-0.4, -0.2) is 30.4 Å². The first-order valence-corrected chi connectivity index (χ1v) is 8.48. The Balaban J connectivity index is 1.59. The largest absolute Gasteiger partial charge is 0.349 e. The highest BCUT2D eigenvalue weighted by molar-refractivity contribution is 5.98. The maximum absolute atomic E-state index is 12.4. The molecule has 1 saturated carbocycles. The van der Waals surface area contributed by atoms with E-state index in [0.29, 0.717) is 23.2 Å². The number of amides is 2. The molecule has 5 heteroatoms. The molecule has 2 aliphatic rings. The Hall–Kier alpha value is -1.88. The molecule has 1 heterocycles. The van der Waals surface area contributed by atoms with E-state index in [1.165, 1.54) is 0 Å². The van der Waals surface area contributed by atoms with Gasteiger partial charge >= 0.3 is 0 Å². The van der Waals surface area contributed by atoms with E-state index in [1.54, 1.807) is 12.1 Å². The van der Waals surface area contributed by atoms with Crippen molar-refractivity contribution in [1.29, 1.82) is 0 Å². The molecule has 0 bridgehead atoms. The van der Waals surface area contributed by atoms with E-state index in [0.717, 1.165) is 25.8 Å². The summed E-state index contributed by atoms with van der Waals surface area (Å²) in [4.78, 5) is 24.4.